The second-order valence-corrected chi connectivity index (χ2v) is 6.45. The molecule has 0 fully saturated rings. The number of aromatic nitrogens is 3. The fraction of sp³-hybridized carbons (Fsp3) is 0. The van der Waals surface area contributed by atoms with Crippen LogP contribution in [0.3, 0.4) is 0 Å². The number of fused-ring (bicyclic) bond motifs is 2. The summed E-state index contributed by atoms with van der Waals surface area (Å²) in [5, 5.41) is 5.00. The highest BCUT2D eigenvalue weighted by atomic mass is 16.1. The molecule has 5 heteroatoms. The van der Waals surface area contributed by atoms with E-state index in [1.54, 1.807) is 10.6 Å². The van der Waals surface area contributed by atoms with Crippen molar-refractivity contribution >= 4 is 28.3 Å². The first kappa shape index (κ1) is 16.2. The molecule has 1 amide bonds. The molecule has 2 heterocycles. The Hall–Kier alpha value is -3.99. The van der Waals surface area contributed by atoms with E-state index in [0.717, 1.165) is 16.3 Å². The van der Waals surface area contributed by atoms with Gasteiger partial charge in [-0.05, 0) is 22.9 Å². The lowest BCUT2D eigenvalue weighted by Crippen LogP contribution is -2.14. The van der Waals surface area contributed by atoms with Crippen molar-refractivity contribution in [1.29, 1.82) is 0 Å². The average molecular weight is 364 g/mol. The first-order valence-electron chi connectivity index (χ1n) is 8.99. The Bertz CT molecular complexity index is 1300. The van der Waals surface area contributed by atoms with Crippen LogP contribution in [0, 0.1) is 0 Å². The van der Waals surface area contributed by atoms with Crippen LogP contribution in [0.1, 0.15) is 10.4 Å². The molecule has 0 aliphatic carbocycles. The Morgan fingerprint density at radius 3 is 2.54 bits per heavy atom. The molecular formula is C23H16N4O. The van der Waals surface area contributed by atoms with Crippen LogP contribution < -0.4 is 5.32 Å². The summed E-state index contributed by atoms with van der Waals surface area (Å²) in [7, 11) is 0. The molecular weight excluding hydrogens is 348 g/mol. The van der Waals surface area contributed by atoms with E-state index < -0.39 is 0 Å². The predicted molar refractivity (Wildman–Crippen MR) is 110 cm³/mol. The van der Waals surface area contributed by atoms with Gasteiger partial charge in [0.2, 0.25) is 5.78 Å². The summed E-state index contributed by atoms with van der Waals surface area (Å²) >= 11 is 0. The number of imidazole rings is 1. The van der Waals surface area contributed by atoms with Crippen molar-refractivity contribution in [3.05, 3.63) is 96.8 Å². The first-order chi connectivity index (χ1) is 13.8. The second kappa shape index (κ2) is 6.63. The summed E-state index contributed by atoms with van der Waals surface area (Å²) < 4.78 is 1.80. The maximum absolute atomic E-state index is 13.2. The third-order valence-electron chi connectivity index (χ3n) is 4.72. The largest absolute Gasteiger partial charge is 0.306 e. The number of nitrogens with zero attached hydrogens (tertiary/aromatic N) is 3. The highest BCUT2D eigenvalue weighted by molar-refractivity contribution is 6.13. The van der Waals surface area contributed by atoms with Gasteiger partial charge in [0.1, 0.15) is 11.5 Å². The van der Waals surface area contributed by atoms with E-state index >= 15 is 0 Å². The maximum atomic E-state index is 13.2. The van der Waals surface area contributed by atoms with Gasteiger partial charge in [0.05, 0.1) is 0 Å². The fourth-order valence-corrected chi connectivity index (χ4v) is 3.40. The monoisotopic (exact) mass is 364 g/mol. The topological polar surface area (TPSA) is 59.3 Å². The van der Waals surface area contributed by atoms with Crippen molar-refractivity contribution in [2.75, 3.05) is 5.32 Å². The van der Waals surface area contributed by atoms with Crippen LogP contribution in [0.4, 0.5) is 5.82 Å². The van der Waals surface area contributed by atoms with Crippen LogP contribution in [0.25, 0.3) is 27.8 Å². The highest BCUT2D eigenvalue weighted by Crippen LogP contribution is 2.29. The summed E-state index contributed by atoms with van der Waals surface area (Å²) in [6.07, 6.45) is 3.54. The molecule has 0 saturated carbocycles. The van der Waals surface area contributed by atoms with Crippen LogP contribution in [0.15, 0.2) is 91.3 Å². The third kappa shape index (κ3) is 2.70. The highest BCUT2D eigenvalue weighted by Gasteiger charge is 2.18. The summed E-state index contributed by atoms with van der Waals surface area (Å²) in [4.78, 5) is 22.1. The molecule has 0 aliphatic rings. The van der Waals surface area contributed by atoms with Gasteiger partial charge < -0.3 is 5.32 Å². The smallest absolute Gasteiger partial charge is 0.257 e. The van der Waals surface area contributed by atoms with E-state index in [9.17, 15) is 4.79 Å². The van der Waals surface area contributed by atoms with Gasteiger partial charge in [0.15, 0.2) is 0 Å². The standard InChI is InChI=1S/C23H16N4O/c28-22(19-13-6-11-16-8-4-5-12-18(16)19)26-21-20(17-9-2-1-3-10-17)25-23-24-14-7-15-27(21)23/h1-15H,(H,26,28). The zero-order valence-corrected chi connectivity index (χ0v) is 14.9. The molecule has 1 N–H and O–H groups in total. The van der Waals surface area contributed by atoms with Gasteiger partial charge in [0.25, 0.3) is 5.91 Å². The molecule has 0 atom stereocenters. The van der Waals surface area contributed by atoms with Crippen molar-refractivity contribution in [3.63, 3.8) is 0 Å². The molecule has 134 valence electrons. The van der Waals surface area contributed by atoms with E-state index in [0.29, 0.717) is 22.9 Å². The second-order valence-electron chi connectivity index (χ2n) is 6.45. The lowest BCUT2D eigenvalue weighted by Gasteiger charge is -2.10. The van der Waals surface area contributed by atoms with Gasteiger partial charge >= 0.3 is 0 Å². The van der Waals surface area contributed by atoms with Crippen molar-refractivity contribution < 1.29 is 4.79 Å². The van der Waals surface area contributed by atoms with Crippen LogP contribution in [-0.2, 0) is 0 Å². The molecule has 2 aromatic heterocycles. The van der Waals surface area contributed by atoms with Crippen molar-refractivity contribution in [2.45, 2.75) is 0 Å². The van der Waals surface area contributed by atoms with Crippen LogP contribution >= 0.6 is 0 Å². The van der Waals surface area contributed by atoms with Crippen LogP contribution in [0.5, 0.6) is 0 Å². The minimum Gasteiger partial charge on any atom is -0.306 e. The molecule has 5 rings (SSSR count). The molecule has 0 spiro atoms. The summed E-state index contributed by atoms with van der Waals surface area (Å²) in [6, 6.07) is 25.2. The number of benzene rings is 3. The van der Waals surface area contributed by atoms with Crippen molar-refractivity contribution in [3.8, 4) is 11.3 Å². The fourth-order valence-electron chi connectivity index (χ4n) is 3.40. The van der Waals surface area contributed by atoms with Gasteiger partial charge in [0, 0.05) is 23.5 Å². The Labute approximate surface area is 161 Å². The third-order valence-corrected chi connectivity index (χ3v) is 4.72. The molecule has 5 nitrogen and oxygen atoms in total. The lowest BCUT2D eigenvalue weighted by atomic mass is 10.0. The van der Waals surface area contributed by atoms with Crippen molar-refractivity contribution in [2.24, 2.45) is 0 Å². The zero-order chi connectivity index (χ0) is 18.9. The number of hydrogen-bond acceptors (Lipinski definition) is 3. The van der Waals surface area contributed by atoms with E-state index in [2.05, 4.69) is 15.3 Å². The van der Waals surface area contributed by atoms with Crippen LogP contribution in [0.2, 0.25) is 0 Å². The molecule has 0 radical (unpaired) electrons. The number of hydrogen-bond donors (Lipinski definition) is 1. The zero-order valence-electron chi connectivity index (χ0n) is 14.9. The Kier molecular flexibility index (Phi) is 3.84. The summed E-state index contributed by atoms with van der Waals surface area (Å²) in [5.41, 5.74) is 2.23. The normalized spacial score (nSPS) is 11.0. The van der Waals surface area contributed by atoms with Gasteiger partial charge in [-0.1, -0.05) is 66.7 Å². The molecule has 0 unspecified atom stereocenters. The SMILES string of the molecule is O=C(Nc1c(-c2ccccc2)nc2ncccn12)c1cccc2ccccc12. The lowest BCUT2D eigenvalue weighted by molar-refractivity contribution is 0.102. The quantitative estimate of drug-likeness (QED) is 0.500. The van der Waals surface area contributed by atoms with Crippen LogP contribution in [-0.4, -0.2) is 20.3 Å². The molecule has 0 saturated heterocycles. The first-order valence-corrected chi connectivity index (χ1v) is 8.99. The molecule has 28 heavy (non-hydrogen) atoms. The number of carbonyl (C=O) groups excluding carboxylic acids is 1. The van der Waals surface area contributed by atoms with Gasteiger partial charge in [-0.25, -0.2) is 9.97 Å². The minimum atomic E-state index is -0.181. The Morgan fingerprint density at radius 2 is 1.64 bits per heavy atom. The number of nitrogens with one attached hydrogen (secondary N) is 1. The van der Waals surface area contributed by atoms with Gasteiger partial charge in [-0.3, -0.25) is 9.20 Å². The van der Waals surface area contributed by atoms with Gasteiger partial charge in [-0.15, -0.1) is 0 Å². The molecule has 0 bridgehead atoms. The van der Waals surface area contributed by atoms with E-state index in [-0.39, 0.29) is 5.91 Å². The van der Waals surface area contributed by atoms with Gasteiger partial charge in [-0.2, -0.15) is 0 Å². The Balaban J connectivity index is 1.64. The summed E-state index contributed by atoms with van der Waals surface area (Å²) in [5.74, 6) is 0.960. The van der Waals surface area contributed by atoms with Crippen molar-refractivity contribution in [1.82, 2.24) is 14.4 Å². The molecule has 5 aromatic rings. The number of amides is 1. The maximum Gasteiger partial charge on any atom is 0.257 e. The number of carbonyl (C=O) groups is 1. The summed E-state index contributed by atoms with van der Waals surface area (Å²) in [6.45, 7) is 0. The van der Waals surface area contributed by atoms with E-state index in [1.165, 1.54) is 0 Å². The molecule has 3 aromatic carbocycles. The van der Waals surface area contributed by atoms with E-state index in [1.807, 2.05) is 85.1 Å². The van der Waals surface area contributed by atoms with E-state index in [4.69, 9.17) is 0 Å². The molecule has 0 aliphatic heterocycles. The number of rotatable bonds is 3. The minimum absolute atomic E-state index is 0.181. The number of anilines is 1. The Morgan fingerprint density at radius 1 is 0.857 bits per heavy atom. The predicted octanol–water partition coefficient (Wildman–Crippen LogP) is 4.80. The average Bonchev–Trinajstić information content (AvgIpc) is 3.12.